The molecule has 4 N–H and O–H groups in total. The zero-order valence-electron chi connectivity index (χ0n) is 9.85. The Hall–Kier alpha value is -2.96. The monoisotopic (exact) mass is 257 g/mol. The minimum atomic E-state index is -0.489. The minimum Gasteiger partial charge on any atom is -0.399 e. The first-order chi connectivity index (χ1) is 9.06. The van der Waals surface area contributed by atoms with Gasteiger partial charge in [-0.1, -0.05) is 6.07 Å². The molecule has 7 heteroatoms. The van der Waals surface area contributed by atoms with E-state index in [-0.39, 0.29) is 5.69 Å². The number of nitro groups is 1. The molecule has 0 saturated carbocycles. The molecule has 0 saturated heterocycles. The third-order valence-electron chi connectivity index (χ3n) is 2.37. The maximum absolute atomic E-state index is 10.6. The van der Waals surface area contributed by atoms with Gasteiger partial charge in [-0.05, 0) is 24.3 Å². The SMILES string of the molecule is Nc1ccc(N=Nc2cccc([N+](=O)[O-])c2)c(N)c1. The summed E-state index contributed by atoms with van der Waals surface area (Å²) < 4.78 is 0. The van der Waals surface area contributed by atoms with Crippen molar-refractivity contribution in [1.29, 1.82) is 0 Å². The lowest BCUT2D eigenvalue weighted by Crippen LogP contribution is -1.89. The van der Waals surface area contributed by atoms with Crippen LogP contribution < -0.4 is 11.5 Å². The van der Waals surface area contributed by atoms with Crippen LogP contribution in [0, 0.1) is 10.1 Å². The highest BCUT2D eigenvalue weighted by atomic mass is 16.6. The lowest BCUT2D eigenvalue weighted by atomic mass is 10.2. The van der Waals surface area contributed by atoms with E-state index in [2.05, 4.69) is 10.2 Å². The van der Waals surface area contributed by atoms with Crippen LogP contribution in [0.25, 0.3) is 0 Å². The molecule has 19 heavy (non-hydrogen) atoms. The highest BCUT2D eigenvalue weighted by Crippen LogP contribution is 2.27. The van der Waals surface area contributed by atoms with Crippen molar-refractivity contribution in [2.24, 2.45) is 10.2 Å². The number of hydrogen-bond acceptors (Lipinski definition) is 6. The fraction of sp³-hybridized carbons (Fsp3) is 0. The van der Waals surface area contributed by atoms with Crippen LogP contribution in [-0.2, 0) is 0 Å². The zero-order chi connectivity index (χ0) is 13.8. The van der Waals surface area contributed by atoms with E-state index in [1.165, 1.54) is 12.1 Å². The summed E-state index contributed by atoms with van der Waals surface area (Å²) in [6, 6.07) is 10.7. The molecule has 0 heterocycles. The lowest BCUT2D eigenvalue weighted by Gasteiger charge is -2.00. The van der Waals surface area contributed by atoms with Crippen LogP contribution in [-0.4, -0.2) is 4.92 Å². The maximum atomic E-state index is 10.6. The first-order valence-electron chi connectivity index (χ1n) is 5.37. The molecule has 0 spiro atoms. The fourth-order valence-electron chi connectivity index (χ4n) is 1.44. The summed E-state index contributed by atoms with van der Waals surface area (Å²) >= 11 is 0. The molecule has 2 rings (SSSR count). The molecule has 0 aliphatic carbocycles. The largest absolute Gasteiger partial charge is 0.399 e. The summed E-state index contributed by atoms with van der Waals surface area (Å²) in [7, 11) is 0. The van der Waals surface area contributed by atoms with Crippen molar-refractivity contribution in [2.75, 3.05) is 11.5 Å². The molecule has 0 amide bonds. The third kappa shape index (κ3) is 3.03. The van der Waals surface area contributed by atoms with Gasteiger partial charge in [0.15, 0.2) is 0 Å². The van der Waals surface area contributed by atoms with Crippen LogP contribution in [0.2, 0.25) is 0 Å². The summed E-state index contributed by atoms with van der Waals surface area (Å²) in [6.45, 7) is 0. The molecule has 0 aliphatic rings. The van der Waals surface area contributed by atoms with Gasteiger partial charge < -0.3 is 11.5 Å². The topological polar surface area (TPSA) is 120 Å². The second-order valence-corrected chi connectivity index (χ2v) is 3.80. The van der Waals surface area contributed by atoms with Crippen LogP contribution in [0.5, 0.6) is 0 Å². The van der Waals surface area contributed by atoms with Gasteiger partial charge in [-0.25, -0.2) is 0 Å². The van der Waals surface area contributed by atoms with E-state index >= 15 is 0 Å². The van der Waals surface area contributed by atoms with Crippen molar-refractivity contribution in [2.45, 2.75) is 0 Å². The Morgan fingerprint density at radius 3 is 2.53 bits per heavy atom. The Kier molecular flexibility index (Phi) is 3.37. The van der Waals surface area contributed by atoms with Gasteiger partial charge in [0.25, 0.3) is 5.69 Å². The molecule has 0 bridgehead atoms. The molecular formula is C12H11N5O2. The summed E-state index contributed by atoms with van der Waals surface area (Å²) in [5, 5.41) is 18.5. The van der Waals surface area contributed by atoms with Crippen molar-refractivity contribution < 1.29 is 4.92 Å². The van der Waals surface area contributed by atoms with Crippen LogP contribution in [0.15, 0.2) is 52.7 Å². The van der Waals surface area contributed by atoms with Gasteiger partial charge in [0, 0.05) is 17.8 Å². The smallest absolute Gasteiger partial charge is 0.271 e. The van der Waals surface area contributed by atoms with Crippen molar-refractivity contribution >= 4 is 28.4 Å². The Labute approximate surface area is 108 Å². The number of nitrogens with two attached hydrogens (primary N) is 2. The molecule has 2 aromatic rings. The molecule has 0 fully saturated rings. The molecule has 7 nitrogen and oxygen atoms in total. The number of rotatable bonds is 3. The molecule has 0 radical (unpaired) electrons. The summed E-state index contributed by atoms with van der Waals surface area (Å²) in [5.41, 5.74) is 13.0. The zero-order valence-corrected chi connectivity index (χ0v) is 9.85. The van der Waals surface area contributed by atoms with Gasteiger partial charge in [0.1, 0.15) is 5.69 Å². The summed E-state index contributed by atoms with van der Waals surface area (Å²) in [4.78, 5) is 10.1. The minimum absolute atomic E-state index is 0.0401. The van der Waals surface area contributed by atoms with E-state index in [4.69, 9.17) is 11.5 Å². The number of non-ortho nitro benzene ring substituents is 1. The third-order valence-corrected chi connectivity index (χ3v) is 2.37. The van der Waals surface area contributed by atoms with E-state index in [1.54, 1.807) is 30.3 Å². The number of azo groups is 1. The van der Waals surface area contributed by atoms with Gasteiger partial charge in [-0.2, -0.15) is 5.11 Å². The Morgan fingerprint density at radius 2 is 1.84 bits per heavy atom. The lowest BCUT2D eigenvalue weighted by molar-refractivity contribution is -0.384. The van der Waals surface area contributed by atoms with Crippen LogP contribution in [0.4, 0.5) is 28.4 Å². The van der Waals surface area contributed by atoms with E-state index in [9.17, 15) is 10.1 Å². The van der Waals surface area contributed by atoms with Crippen molar-refractivity contribution in [3.63, 3.8) is 0 Å². The van der Waals surface area contributed by atoms with Gasteiger partial charge in [-0.15, -0.1) is 5.11 Å². The Bertz CT molecular complexity index is 654. The van der Waals surface area contributed by atoms with Crippen LogP contribution >= 0.6 is 0 Å². The van der Waals surface area contributed by atoms with Gasteiger partial charge in [0.2, 0.25) is 0 Å². The average molecular weight is 257 g/mol. The molecule has 0 aliphatic heterocycles. The summed E-state index contributed by atoms with van der Waals surface area (Å²) in [6.07, 6.45) is 0. The number of nitrogens with zero attached hydrogens (tertiary/aromatic N) is 3. The number of nitrogen functional groups attached to an aromatic ring is 2. The number of anilines is 2. The quantitative estimate of drug-likeness (QED) is 0.379. The predicted molar refractivity (Wildman–Crippen MR) is 72.5 cm³/mol. The van der Waals surface area contributed by atoms with Crippen LogP contribution in [0.1, 0.15) is 0 Å². The van der Waals surface area contributed by atoms with Crippen molar-refractivity contribution in [1.82, 2.24) is 0 Å². The Morgan fingerprint density at radius 1 is 1.05 bits per heavy atom. The number of nitro benzene ring substituents is 1. The van der Waals surface area contributed by atoms with Crippen LogP contribution in [0.3, 0.4) is 0 Å². The molecule has 96 valence electrons. The number of hydrogen-bond donors (Lipinski definition) is 2. The second-order valence-electron chi connectivity index (χ2n) is 3.80. The highest BCUT2D eigenvalue weighted by molar-refractivity contribution is 5.67. The molecule has 0 atom stereocenters. The number of benzene rings is 2. The fourth-order valence-corrected chi connectivity index (χ4v) is 1.44. The molecule has 0 aromatic heterocycles. The van der Waals surface area contributed by atoms with Gasteiger partial charge in [-0.3, -0.25) is 10.1 Å². The predicted octanol–water partition coefficient (Wildman–Crippen LogP) is 3.17. The van der Waals surface area contributed by atoms with E-state index < -0.39 is 4.92 Å². The molecular weight excluding hydrogens is 246 g/mol. The second kappa shape index (κ2) is 5.13. The molecule has 0 unspecified atom stereocenters. The Balaban J connectivity index is 2.27. The van der Waals surface area contributed by atoms with Crippen molar-refractivity contribution in [3.8, 4) is 0 Å². The normalized spacial score (nSPS) is 10.7. The van der Waals surface area contributed by atoms with E-state index in [1.807, 2.05) is 0 Å². The molecule has 2 aromatic carbocycles. The standard InChI is InChI=1S/C12H11N5O2/c13-8-4-5-12(11(14)6-8)16-15-9-2-1-3-10(7-9)17(18)19/h1-7H,13-14H2. The van der Waals surface area contributed by atoms with Gasteiger partial charge >= 0.3 is 0 Å². The first-order valence-corrected chi connectivity index (χ1v) is 5.37. The van der Waals surface area contributed by atoms with Gasteiger partial charge in [0.05, 0.1) is 16.3 Å². The van der Waals surface area contributed by atoms with E-state index in [0.29, 0.717) is 22.7 Å². The highest BCUT2D eigenvalue weighted by Gasteiger charge is 2.05. The average Bonchev–Trinajstić information content (AvgIpc) is 2.38. The first kappa shape index (κ1) is 12.5. The summed E-state index contributed by atoms with van der Waals surface area (Å²) in [5.74, 6) is 0. The maximum Gasteiger partial charge on any atom is 0.271 e. The van der Waals surface area contributed by atoms with E-state index in [0.717, 1.165) is 0 Å². The van der Waals surface area contributed by atoms with Crippen molar-refractivity contribution in [3.05, 3.63) is 52.6 Å².